The van der Waals surface area contributed by atoms with Crippen LogP contribution in [0.4, 0.5) is 0 Å². The molecule has 0 fully saturated rings. The summed E-state index contributed by atoms with van der Waals surface area (Å²) in [4.78, 5) is 11.4. The van der Waals surface area contributed by atoms with Crippen molar-refractivity contribution in [1.29, 1.82) is 0 Å². The maximum absolute atomic E-state index is 11.4. The van der Waals surface area contributed by atoms with Gasteiger partial charge in [0.15, 0.2) is 0 Å². The Morgan fingerprint density at radius 1 is 1.33 bits per heavy atom. The van der Waals surface area contributed by atoms with E-state index in [1.165, 1.54) is 0 Å². The van der Waals surface area contributed by atoms with E-state index in [1.54, 1.807) is 12.1 Å². The molecule has 0 spiro atoms. The Labute approximate surface area is 123 Å². The van der Waals surface area contributed by atoms with Crippen LogP contribution in [0.15, 0.2) is 28.7 Å². The zero-order chi connectivity index (χ0) is 15.1. The van der Waals surface area contributed by atoms with E-state index in [9.17, 15) is 9.90 Å². The summed E-state index contributed by atoms with van der Waals surface area (Å²) < 4.78 is 11.0. The van der Waals surface area contributed by atoms with Gasteiger partial charge in [-0.25, -0.2) is 4.79 Å². The second-order valence-corrected chi connectivity index (χ2v) is 4.84. The van der Waals surface area contributed by atoms with Crippen molar-refractivity contribution in [2.45, 2.75) is 26.3 Å². The second kappa shape index (κ2) is 7.81. The van der Waals surface area contributed by atoms with Crippen LogP contribution in [-0.4, -0.2) is 30.8 Å². The van der Waals surface area contributed by atoms with Gasteiger partial charge >= 0.3 is 5.97 Å². The lowest BCUT2D eigenvalue weighted by atomic mass is 10.1. The van der Waals surface area contributed by atoms with Crippen molar-refractivity contribution in [3.63, 3.8) is 0 Å². The number of rotatable bonds is 9. The van der Waals surface area contributed by atoms with Crippen LogP contribution >= 0.6 is 0 Å². The van der Waals surface area contributed by atoms with Gasteiger partial charge in [0.25, 0.3) is 0 Å². The number of nitrogens with one attached hydrogen (secondary N) is 1. The number of furan rings is 1. The molecule has 5 heteroatoms. The minimum absolute atomic E-state index is 0.250. The van der Waals surface area contributed by atoms with Crippen LogP contribution in [0.2, 0.25) is 0 Å². The smallest absolute Gasteiger partial charge is 0.339 e. The van der Waals surface area contributed by atoms with Crippen LogP contribution in [0, 0.1) is 0 Å². The van der Waals surface area contributed by atoms with Gasteiger partial charge in [0.05, 0.1) is 6.54 Å². The van der Waals surface area contributed by atoms with E-state index in [1.807, 2.05) is 12.1 Å². The third-order valence-corrected chi connectivity index (χ3v) is 3.16. The van der Waals surface area contributed by atoms with Crippen LogP contribution in [0.1, 0.15) is 35.9 Å². The third-order valence-electron chi connectivity index (χ3n) is 3.16. The van der Waals surface area contributed by atoms with E-state index in [2.05, 4.69) is 12.2 Å². The molecule has 0 aliphatic heterocycles. The SMILES string of the molecule is CCCOCCCNCc1oc2ccccc2c1C(=O)O. The molecule has 0 aliphatic rings. The number of aromatic carboxylic acids is 1. The number of ether oxygens (including phenoxy) is 1. The molecular formula is C16H21NO4. The Kier molecular flexibility index (Phi) is 5.78. The lowest BCUT2D eigenvalue weighted by Gasteiger charge is -2.04. The highest BCUT2D eigenvalue weighted by Gasteiger charge is 2.19. The molecule has 114 valence electrons. The molecule has 0 aliphatic carbocycles. The van der Waals surface area contributed by atoms with Crippen molar-refractivity contribution >= 4 is 16.9 Å². The molecule has 0 bridgehead atoms. The number of carboxylic acids is 1. The zero-order valence-electron chi connectivity index (χ0n) is 12.2. The normalized spacial score (nSPS) is 11.1. The maximum Gasteiger partial charge on any atom is 0.339 e. The van der Waals surface area contributed by atoms with Crippen molar-refractivity contribution in [3.05, 3.63) is 35.6 Å². The van der Waals surface area contributed by atoms with Gasteiger partial charge in [-0.15, -0.1) is 0 Å². The standard InChI is InChI=1S/C16H21NO4/c1-2-9-20-10-5-8-17-11-14-15(16(18)19)12-6-3-4-7-13(12)21-14/h3-4,6-7,17H,2,5,8-11H2,1H3,(H,18,19). The number of para-hydroxylation sites is 1. The molecule has 0 saturated carbocycles. The largest absolute Gasteiger partial charge is 0.478 e. The molecule has 0 radical (unpaired) electrons. The Morgan fingerprint density at radius 2 is 2.14 bits per heavy atom. The first kappa shape index (κ1) is 15.5. The lowest BCUT2D eigenvalue weighted by Crippen LogP contribution is -2.17. The molecule has 0 atom stereocenters. The van der Waals surface area contributed by atoms with Gasteiger partial charge in [-0.2, -0.15) is 0 Å². The molecule has 0 saturated heterocycles. The van der Waals surface area contributed by atoms with Crippen molar-refractivity contribution < 1.29 is 19.1 Å². The van der Waals surface area contributed by atoms with Crippen LogP contribution in [0.3, 0.4) is 0 Å². The van der Waals surface area contributed by atoms with Gasteiger partial charge in [-0.3, -0.25) is 0 Å². The van der Waals surface area contributed by atoms with Gasteiger partial charge in [-0.05, 0) is 25.5 Å². The summed E-state index contributed by atoms with van der Waals surface area (Å²) in [6.45, 7) is 4.75. The van der Waals surface area contributed by atoms with Gasteiger partial charge in [0.2, 0.25) is 0 Å². The first-order valence-electron chi connectivity index (χ1n) is 7.26. The van der Waals surface area contributed by atoms with E-state index in [0.29, 0.717) is 29.9 Å². The number of hydrogen-bond donors (Lipinski definition) is 2. The van der Waals surface area contributed by atoms with Gasteiger partial charge in [0.1, 0.15) is 16.9 Å². The number of carbonyl (C=O) groups is 1. The summed E-state index contributed by atoms with van der Waals surface area (Å²) in [7, 11) is 0. The fraction of sp³-hybridized carbons (Fsp3) is 0.438. The quantitative estimate of drug-likeness (QED) is 0.695. The third kappa shape index (κ3) is 4.06. The van der Waals surface area contributed by atoms with E-state index in [-0.39, 0.29) is 5.56 Å². The van der Waals surface area contributed by atoms with Gasteiger partial charge in [0, 0.05) is 18.6 Å². The maximum atomic E-state index is 11.4. The molecule has 0 unspecified atom stereocenters. The highest BCUT2D eigenvalue weighted by Crippen LogP contribution is 2.25. The average Bonchev–Trinajstić information content (AvgIpc) is 2.84. The summed E-state index contributed by atoms with van der Waals surface area (Å²) in [5.74, 6) is -0.485. The molecule has 21 heavy (non-hydrogen) atoms. The molecule has 5 nitrogen and oxygen atoms in total. The first-order chi connectivity index (χ1) is 10.2. The monoisotopic (exact) mass is 291 g/mol. The summed E-state index contributed by atoms with van der Waals surface area (Å²) in [5, 5.41) is 13.2. The summed E-state index contributed by atoms with van der Waals surface area (Å²) in [5.41, 5.74) is 0.860. The summed E-state index contributed by atoms with van der Waals surface area (Å²) in [6, 6.07) is 7.19. The highest BCUT2D eigenvalue weighted by atomic mass is 16.5. The van der Waals surface area contributed by atoms with Crippen molar-refractivity contribution in [3.8, 4) is 0 Å². The lowest BCUT2D eigenvalue weighted by molar-refractivity contribution is 0.0696. The fourth-order valence-electron chi connectivity index (χ4n) is 2.20. The summed E-state index contributed by atoms with van der Waals surface area (Å²) >= 11 is 0. The molecule has 1 aromatic carbocycles. The minimum Gasteiger partial charge on any atom is -0.478 e. The zero-order valence-corrected chi connectivity index (χ0v) is 12.2. The predicted molar refractivity (Wildman–Crippen MR) is 80.6 cm³/mol. The summed E-state index contributed by atoms with van der Waals surface area (Å²) in [6.07, 6.45) is 1.91. The molecule has 2 rings (SSSR count). The Morgan fingerprint density at radius 3 is 2.90 bits per heavy atom. The Bertz CT molecular complexity index is 591. The van der Waals surface area contributed by atoms with Crippen LogP contribution in [0.25, 0.3) is 11.0 Å². The average molecular weight is 291 g/mol. The molecule has 1 aromatic heterocycles. The van der Waals surface area contributed by atoms with Crippen LogP contribution in [0.5, 0.6) is 0 Å². The van der Waals surface area contributed by atoms with Crippen LogP contribution < -0.4 is 5.32 Å². The number of fused-ring (bicyclic) bond motifs is 1. The van der Waals surface area contributed by atoms with Crippen molar-refractivity contribution in [1.82, 2.24) is 5.32 Å². The van der Waals surface area contributed by atoms with E-state index in [4.69, 9.17) is 9.15 Å². The fourth-order valence-corrected chi connectivity index (χ4v) is 2.20. The number of carboxylic acid groups (broad SMARTS) is 1. The van der Waals surface area contributed by atoms with E-state index < -0.39 is 5.97 Å². The molecule has 2 aromatic rings. The molecular weight excluding hydrogens is 270 g/mol. The van der Waals surface area contributed by atoms with E-state index >= 15 is 0 Å². The van der Waals surface area contributed by atoms with E-state index in [0.717, 1.165) is 26.0 Å². The van der Waals surface area contributed by atoms with Gasteiger partial charge in [-0.1, -0.05) is 25.1 Å². The topological polar surface area (TPSA) is 71.7 Å². The molecule has 2 N–H and O–H groups in total. The highest BCUT2D eigenvalue weighted by molar-refractivity contribution is 6.03. The second-order valence-electron chi connectivity index (χ2n) is 4.84. The number of benzene rings is 1. The predicted octanol–water partition coefficient (Wildman–Crippen LogP) is 3.04. The number of hydrogen-bond acceptors (Lipinski definition) is 4. The Balaban J connectivity index is 1.92. The first-order valence-corrected chi connectivity index (χ1v) is 7.26. The Hall–Kier alpha value is -1.85. The van der Waals surface area contributed by atoms with Crippen LogP contribution in [-0.2, 0) is 11.3 Å². The van der Waals surface area contributed by atoms with Crippen molar-refractivity contribution in [2.24, 2.45) is 0 Å². The molecule has 0 amide bonds. The minimum atomic E-state index is -0.956. The van der Waals surface area contributed by atoms with Gasteiger partial charge < -0.3 is 19.6 Å². The van der Waals surface area contributed by atoms with Crippen molar-refractivity contribution in [2.75, 3.05) is 19.8 Å². The molecule has 1 heterocycles.